The van der Waals surface area contributed by atoms with Crippen molar-refractivity contribution >= 4 is 35.0 Å². The molecule has 0 spiro atoms. The van der Waals surface area contributed by atoms with E-state index in [0.29, 0.717) is 37.5 Å². The molecule has 1 heterocycles. The van der Waals surface area contributed by atoms with E-state index in [2.05, 4.69) is 10.6 Å². The van der Waals surface area contributed by atoms with Crippen molar-refractivity contribution in [3.8, 4) is 0 Å². The largest absolute Gasteiger partial charge is 0.542 e. The summed E-state index contributed by atoms with van der Waals surface area (Å²) >= 11 is 1.53. The van der Waals surface area contributed by atoms with Crippen molar-refractivity contribution in [1.82, 2.24) is 4.90 Å². The molecule has 0 bridgehead atoms. The average molecular weight is 545 g/mol. The number of aliphatic carboxylic acids is 1. The molecule has 0 atom stereocenters. The topological polar surface area (TPSA) is 152 Å². The number of halogens is 3. The van der Waals surface area contributed by atoms with E-state index in [4.69, 9.17) is 15.0 Å². The molecule has 1 aliphatic rings. The molecule has 0 unspecified atom stereocenters. The maximum Gasteiger partial charge on any atom is 0.430 e. The normalized spacial score (nSPS) is 13.4. The Balaban J connectivity index is 0.000000604. The number of piperazine rings is 1. The number of carboxylic acid groups (broad SMARTS) is 1. The zero-order chi connectivity index (χ0) is 27.4. The van der Waals surface area contributed by atoms with Crippen LogP contribution >= 0.6 is 11.8 Å². The number of hydrogen-bond acceptors (Lipinski definition) is 8. The van der Waals surface area contributed by atoms with Crippen LogP contribution in [0.2, 0.25) is 0 Å². The highest BCUT2D eigenvalue weighted by Gasteiger charge is 2.29. The van der Waals surface area contributed by atoms with Gasteiger partial charge in [-0.15, -0.1) is 11.8 Å². The van der Waals surface area contributed by atoms with Gasteiger partial charge in [0.25, 0.3) is 11.6 Å². The predicted octanol–water partition coefficient (Wildman–Crippen LogP) is 0.999. The Hall–Kier alpha value is -3.36. The monoisotopic (exact) mass is 544 g/mol. The minimum Gasteiger partial charge on any atom is -0.542 e. The van der Waals surface area contributed by atoms with E-state index in [-0.39, 0.29) is 23.8 Å². The third-order valence-electron chi connectivity index (χ3n) is 5.14. The number of nitro benzene ring substituents is 1. The first-order valence-corrected chi connectivity index (χ1v) is 12.3. The Labute approximate surface area is 215 Å². The number of carbonyl (C=O) groups is 2. The summed E-state index contributed by atoms with van der Waals surface area (Å²) < 4.78 is 31.5. The number of nitrogens with two attached hydrogens (primary N) is 1. The molecular formula is C23H27F3N4O6S. The number of nitrogens with one attached hydrogen (secondary N) is 1. The highest BCUT2D eigenvalue weighted by Crippen LogP contribution is 2.36. The number of amides is 1. The van der Waals surface area contributed by atoms with Gasteiger partial charge in [-0.25, -0.2) is 0 Å². The van der Waals surface area contributed by atoms with E-state index in [9.17, 15) is 28.1 Å². The lowest BCUT2D eigenvalue weighted by Gasteiger charge is -2.25. The van der Waals surface area contributed by atoms with E-state index in [1.165, 1.54) is 17.8 Å². The minimum atomic E-state index is -5.19. The SMILES string of the molecule is O=C([O-])C(F)(F)F.O=C(c1cc(SCc2ccccc2)c(NCCCO)cc1[N+](=O)[O-])N1CC[NH2+]CC1. The van der Waals surface area contributed by atoms with E-state index >= 15 is 0 Å². The Kier molecular flexibility index (Phi) is 11.6. The second kappa shape index (κ2) is 14.4. The van der Waals surface area contributed by atoms with Crippen molar-refractivity contribution in [2.75, 3.05) is 44.6 Å². The van der Waals surface area contributed by atoms with E-state index in [1.807, 2.05) is 30.3 Å². The van der Waals surface area contributed by atoms with Crippen molar-refractivity contribution in [2.24, 2.45) is 0 Å². The summed E-state index contributed by atoms with van der Waals surface area (Å²) in [5.74, 6) is -2.62. The molecule has 0 aromatic heterocycles. The molecule has 1 amide bonds. The predicted molar refractivity (Wildman–Crippen MR) is 128 cm³/mol. The molecule has 0 radical (unpaired) electrons. The number of benzene rings is 2. The van der Waals surface area contributed by atoms with E-state index in [1.54, 1.807) is 11.0 Å². The van der Waals surface area contributed by atoms with Gasteiger partial charge in [-0.3, -0.25) is 14.9 Å². The number of aliphatic hydroxyl groups is 1. The second-order valence-electron chi connectivity index (χ2n) is 7.84. The summed E-state index contributed by atoms with van der Waals surface area (Å²) in [6.07, 6.45) is -4.67. The third kappa shape index (κ3) is 9.55. The standard InChI is InChI=1S/C21H26N4O4S.C2HF3O2/c26-12-4-7-23-18-14-19(25(28)29)17(21(27)24-10-8-22-9-11-24)13-20(18)30-15-16-5-2-1-3-6-16;3-2(4,5)1(6)7/h1-3,5-6,13-14,22-23,26H,4,7-12,15H2;(H,6,7). The lowest BCUT2D eigenvalue weighted by atomic mass is 10.1. The molecule has 1 saturated heterocycles. The molecule has 0 saturated carbocycles. The fourth-order valence-electron chi connectivity index (χ4n) is 3.31. The van der Waals surface area contributed by atoms with Gasteiger partial charge in [-0.05, 0) is 18.1 Å². The van der Waals surface area contributed by atoms with Gasteiger partial charge in [0.2, 0.25) is 0 Å². The van der Waals surface area contributed by atoms with Gasteiger partial charge in [-0.1, -0.05) is 30.3 Å². The number of aliphatic hydroxyl groups excluding tert-OH is 1. The van der Waals surface area contributed by atoms with E-state index in [0.717, 1.165) is 23.5 Å². The number of carbonyl (C=O) groups excluding carboxylic acids is 2. The van der Waals surface area contributed by atoms with Crippen molar-refractivity contribution in [3.63, 3.8) is 0 Å². The first-order valence-electron chi connectivity index (χ1n) is 11.3. The van der Waals surface area contributed by atoms with Gasteiger partial charge in [0.15, 0.2) is 0 Å². The molecule has 1 aliphatic heterocycles. The average Bonchev–Trinajstić information content (AvgIpc) is 2.88. The van der Waals surface area contributed by atoms with Crippen LogP contribution in [0.25, 0.3) is 0 Å². The van der Waals surface area contributed by atoms with Gasteiger partial charge in [0, 0.05) is 29.9 Å². The van der Waals surface area contributed by atoms with Crippen LogP contribution < -0.4 is 15.7 Å². The summed E-state index contributed by atoms with van der Waals surface area (Å²) in [6, 6.07) is 13.0. The van der Waals surface area contributed by atoms with Gasteiger partial charge < -0.3 is 30.5 Å². The van der Waals surface area contributed by atoms with Crippen LogP contribution in [0.4, 0.5) is 24.5 Å². The summed E-state index contributed by atoms with van der Waals surface area (Å²) in [6.45, 7) is 3.29. The highest BCUT2D eigenvalue weighted by atomic mass is 32.2. The van der Waals surface area contributed by atoms with Crippen molar-refractivity contribution in [3.05, 3.63) is 63.7 Å². The number of nitrogens with zero attached hydrogens (tertiary/aromatic N) is 2. The van der Waals surface area contributed by atoms with Crippen LogP contribution in [0.5, 0.6) is 0 Å². The molecule has 2 aromatic rings. The Morgan fingerprint density at radius 3 is 2.32 bits per heavy atom. The number of nitro groups is 1. The zero-order valence-corrected chi connectivity index (χ0v) is 20.5. The first kappa shape index (κ1) is 29.9. The Bertz CT molecular complexity index is 1070. The number of hydrogen-bond donors (Lipinski definition) is 3. The number of carboxylic acids is 1. The maximum atomic E-state index is 13.1. The fraction of sp³-hybridized carbons (Fsp3) is 0.391. The summed E-state index contributed by atoms with van der Waals surface area (Å²) in [7, 11) is 0. The zero-order valence-electron chi connectivity index (χ0n) is 19.7. The summed E-state index contributed by atoms with van der Waals surface area (Å²) in [4.78, 5) is 35.6. The molecule has 202 valence electrons. The number of rotatable bonds is 9. The third-order valence-corrected chi connectivity index (χ3v) is 6.26. The van der Waals surface area contributed by atoms with Crippen LogP contribution in [0.3, 0.4) is 0 Å². The van der Waals surface area contributed by atoms with E-state index < -0.39 is 17.1 Å². The smallest absolute Gasteiger partial charge is 0.430 e. The number of alkyl halides is 3. The van der Waals surface area contributed by atoms with Crippen LogP contribution in [0.1, 0.15) is 22.3 Å². The Morgan fingerprint density at radius 1 is 1.16 bits per heavy atom. The van der Waals surface area contributed by atoms with Crippen molar-refractivity contribution < 1.29 is 43.2 Å². The molecule has 14 heteroatoms. The molecule has 1 fully saturated rings. The van der Waals surface area contributed by atoms with Crippen LogP contribution in [-0.2, 0) is 10.5 Å². The number of quaternary nitrogens is 1. The lowest BCUT2D eigenvalue weighted by Crippen LogP contribution is -2.89. The minimum absolute atomic E-state index is 0.0319. The van der Waals surface area contributed by atoms with Gasteiger partial charge in [0.1, 0.15) is 11.5 Å². The number of thioether (sulfide) groups is 1. The van der Waals surface area contributed by atoms with Crippen LogP contribution in [-0.4, -0.2) is 72.3 Å². The van der Waals surface area contributed by atoms with Gasteiger partial charge in [0.05, 0.1) is 36.8 Å². The Morgan fingerprint density at radius 2 is 1.78 bits per heavy atom. The fourth-order valence-corrected chi connectivity index (χ4v) is 4.31. The van der Waals surface area contributed by atoms with Crippen molar-refractivity contribution in [2.45, 2.75) is 23.2 Å². The molecule has 10 nitrogen and oxygen atoms in total. The molecule has 2 aromatic carbocycles. The van der Waals surface area contributed by atoms with Crippen molar-refractivity contribution in [1.29, 1.82) is 0 Å². The number of anilines is 1. The van der Waals surface area contributed by atoms with Gasteiger partial charge >= 0.3 is 6.18 Å². The lowest BCUT2D eigenvalue weighted by molar-refractivity contribution is -0.661. The highest BCUT2D eigenvalue weighted by molar-refractivity contribution is 7.98. The van der Waals surface area contributed by atoms with Gasteiger partial charge in [-0.2, -0.15) is 13.2 Å². The molecule has 3 rings (SSSR count). The summed E-state index contributed by atoms with van der Waals surface area (Å²) in [5.41, 5.74) is 1.68. The first-order chi connectivity index (χ1) is 17.5. The molecule has 0 aliphatic carbocycles. The summed E-state index contributed by atoms with van der Waals surface area (Å²) in [5, 5.41) is 34.9. The quantitative estimate of drug-likeness (QED) is 0.183. The molecule has 37 heavy (non-hydrogen) atoms. The maximum absolute atomic E-state index is 13.1. The van der Waals surface area contributed by atoms with Crippen LogP contribution in [0, 0.1) is 10.1 Å². The molecular weight excluding hydrogens is 517 g/mol. The van der Waals surface area contributed by atoms with Crippen LogP contribution in [0.15, 0.2) is 47.4 Å². The molecule has 4 N–H and O–H groups in total. The second-order valence-corrected chi connectivity index (χ2v) is 8.86.